The Morgan fingerprint density at radius 2 is 0.898 bits per heavy atom. The molecular formula is C50H35BrN6O2. The van der Waals surface area contributed by atoms with Gasteiger partial charge in [-0.1, -0.05) is 181 Å². The van der Waals surface area contributed by atoms with Crippen LogP contribution in [0.3, 0.4) is 0 Å². The average molecular weight is 832 g/mol. The molecule has 0 amide bonds. The molecule has 59 heavy (non-hydrogen) atoms. The topological polar surface area (TPSA) is 107 Å². The highest BCUT2D eigenvalue weighted by atomic mass is 79.9. The van der Waals surface area contributed by atoms with Crippen molar-refractivity contribution in [3.8, 4) is 79.2 Å². The summed E-state index contributed by atoms with van der Waals surface area (Å²) >= 11 is 3.58. The minimum absolute atomic E-state index is 0.585. The monoisotopic (exact) mass is 830 g/mol. The molecule has 9 heteroatoms. The van der Waals surface area contributed by atoms with E-state index in [-0.39, 0.29) is 0 Å². The van der Waals surface area contributed by atoms with E-state index in [2.05, 4.69) is 79.0 Å². The fraction of sp³-hybridized carbons (Fsp3) is 0.0200. The van der Waals surface area contributed by atoms with Crippen molar-refractivity contribution in [2.45, 2.75) is 6.42 Å². The first-order chi connectivity index (χ1) is 29.2. The van der Waals surface area contributed by atoms with Gasteiger partial charge in [0.1, 0.15) is 11.4 Å². The Hall–Kier alpha value is -7.49. The molecule has 0 unspecified atom stereocenters. The Labute approximate surface area is 349 Å². The summed E-state index contributed by atoms with van der Waals surface area (Å²) in [5.74, 6) is 3.39. The quantitative estimate of drug-likeness (QED) is 0.154. The van der Waals surface area contributed by atoms with Crippen LogP contribution in [0.15, 0.2) is 207 Å². The maximum Gasteiger partial charge on any atom is 0.228 e. The van der Waals surface area contributed by atoms with E-state index in [4.69, 9.17) is 18.8 Å². The zero-order valence-corrected chi connectivity index (χ0v) is 33.2. The van der Waals surface area contributed by atoms with Crippen LogP contribution in [0, 0.1) is 0 Å². The van der Waals surface area contributed by atoms with E-state index < -0.39 is 0 Å². The number of oxazole rings is 2. The number of halogens is 1. The van der Waals surface area contributed by atoms with Crippen molar-refractivity contribution >= 4 is 15.9 Å². The Kier molecular flexibility index (Phi) is 10.9. The summed E-state index contributed by atoms with van der Waals surface area (Å²) in [6.45, 7) is 0. The van der Waals surface area contributed by atoms with Gasteiger partial charge in [0.2, 0.25) is 11.8 Å². The molecule has 0 saturated heterocycles. The first kappa shape index (κ1) is 37.1. The molecule has 10 aromatic rings. The molecule has 0 radical (unpaired) electrons. The molecule has 0 aliphatic rings. The fourth-order valence-corrected chi connectivity index (χ4v) is 7.32. The number of H-pyrrole nitrogens is 1. The molecule has 0 fully saturated rings. The highest BCUT2D eigenvalue weighted by Gasteiger charge is 2.21. The summed E-state index contributed by atoms with van der Waals surface area (Å²) in [6, 6.07) is 65.0. The SMILES string of the molecule is Brc1ccccc1-c1nc(-c2ccccc2)c(-c2ccccc2)o1.c1ccc(-c2nc(-c3ccccc3-c3cccc(Cc4nn[nH]n4)c3)oc2-c2ccccc2)cc1. The molecule has 0 atom stereocenters. The lowest BCUT2D eigenvalue weighted by Crippen LogP contribution is -1.92. The second kappa shape index (κ2) is 17.3. The van der Waals surface area contributed by atoms with Crippen molar-refractivity contribution in [2.75, 3.05) is 0 Å². The van der Waals surface area contributed by atoms with Crippen LogP contribution in [0.4, 0.5) is 0 Å². The zero-order valence-electron chi connectivity index (χ0n) is 31.6. The number of rotatable bonds is 9. The van der Waals surface area contributed by atoms with Gasteiger partial charge in [-0.25, -0.2) is 9.97 Å². The number of benzene rings is 7. The van der Waals surface area contributed by atoms with Crippen LogP contribution in [-0.4, -0.2) is 30.6 Å². The predicted octanol–water partition coefficient (Wildman–Crippen LogP) is 12.9. The molecular weight excluding hydrogens is 796 g/mol. The zero-order chi connectivity index (χ0) is 39.8. The van der Waals surface area contributed by atoms with Gasteiger partial charge in [0.15, 0.2) is 17.3 Å². The molecule has 0 spiro atoms. The number of hydrogen-bond donors (Lipinski definition) is 1. The number of nitrogens with zero attached hydrogens (tertiary/aromatic N) is 5. The van der Waals surface area contributed by atoms with Crippen molar-refractivity contribution in [1.82, 2.24) is 30.6 Å². The summed E-state index contributed by atoms with van der Waals surface area (Å²) in [6.07, 6.45) is 0.599. The minimum Gasteiger partial charge on any atom is -0.435 e. The minimum atomic E-state index is 0.585. The van der Waals surface area contributed by atoms with Gasteiger partial charge in [0, 0.05) is 38.7 Å². The van der Waals surface area contributed by atoms with Crippen LogP contribution >= 0.6 is 15.9 Å². The molecule has 0 aliphatic carbocycles. The second-order valence-electron chi connectivity index (χ2n) is 13.6. The maximum atomic E-state index is 6.48. The fourth-order valence-electron chi connectivity index (χ4n) is 6.87. The van der Waals surface area contributed by atoms with Crippen molar-refractivity contribution in [3.63, 3.8) is 0 Å². The van der Waals surface area contributed by atoms with Crippen molar-refractivity contribution in [3.05, 3.63) is 210 Å². The number of tetrazole rings is 1. The summed E-state index contributed by atoms with van der Waals surface area (Å²) in [4.78, 5) is 9.79. The molecule has 0 aliphatic heterocycles. The van der Waals surface area contributed by atoms with Gasteiger partial charge in [-0.15, -0.1) is 10.2 Å². The number of hydrogen-bond acceptors (Lipinski definition) is 7. The third-order valence-electron chi connectivity index (χ3n) is 9.67. The van der Waals surface area contributed by atoms with Gasteiger partial charge < -0.3 is 8.83 Å². The lowest BCUT2D eigenvalue weighted by molar-refractivity contribution is 0.588. The molecule has 284 valence electrons. The number of nitrogens with one attached hydrogen (secondary N) is 1. The first-order valence-corrected chi connectivity index (χ1v) is 19.9. The number of aromatic nitrogens is 6. The smallest absolute Gasteiger partial charge is 0.228 e. The second-order valence-corrected chi connectivity index (χ2v) is 14.4. The summed E-state index contributed by atoms with van der Waals surface area (Å²) in [7, 11) is 0. The van der Waals surface area contributed by atoms with Crippen molar-refractivity contribution < 1.29 is 8.83 Å². The lowest BCUT2D eigenvalue weighted by Gasteiger charge is -2.08. The van der Waals surface area contributed by atoms with Gasteiger partial charge >= 0.3 is 0 Å². The standard InChI is InChI=1S/C29H21N5O.C21H14BrNO/c1-3-11-21(12-4-1)27-28(22-13-5-2-6-14-22)35-29(30-27)25-17-8-7-16-24(25)23-15-9-10-20(18-23)19-26-31-33-34-32-26;22-18-14-8-7-13-17(18)21-23-19(15-9-3-1-4-10-15)20(24-21)16-11-5-2-6-12-16/h1-18H,19H2,(H,31,32,33,34);1-14H. The molecule has 8 nitrogen and oxygen atoms in total. The molecule has 1 N–H and O–H groups in total. The lowest BCUT2D eigenvalue weighted by atomic mass is 9.97. The van der Waals surface area contributed by atoms with E-state index in [1.54, 1.807) is 0 Å². The molecule has 7 aromatic carbocycles. The van der Waals surface area contributed by atoms with E-state index >= 15 is 0 Å². The van der Waals surface area contributed by atoms with E-state index in [1.165, 1.54) is 0 Å². The molecule has 0 bridgehead atoms. The third kappa shape index (κ3) is 8.32. The predicted molar refractivity (Wildman–Crippen MR) is 236 cm³/mol. The third-order valence-corrected chi connectivity index (χ3v) is 10.4. The Balaban J connectivity index is 0.000000163. The van der Waals surface area contributed by atoms with E-state index in [9.17, 15) is 0 Å². The maximum absolute atomic E-state index is 6.48. The van der Waals surface area contributed by atoms with Crippen molar-refractivity contribution in [1.29, 1.82) is 0 Å². The van der Waals surface area contributed by atoms with Crippen LogP contribution in [0.5, 0.6) is 0 Å². The highest BCUT2D eigenvalue weighted by Crippen LogP contribution is 2.40. The molecule has 3 aromatic heterocycles. The van der Waals surface area contributed by atoms with Gasteiger partial charge in [0.05, 0.1) is 5.56 Å². The van der Waals surface area contributed by atoms with Gasteiger partial charge in [-0.2, -0.15) is 5.21 Å². The largest absolute Gasteiger partial charge is 0.435 e. The Morgan fingerprint density at radius 1 is 0.441 bits per heavy atom. The average Bonchev–Trinajstić information content (AvgIpc) is 4.10. The van der Waals surface area contributed by atoms with Crippen LogP contribution in [0.2, 0.25) is 0 Å². The van der Waals surface area contributed by atoms with E-state index in [0.717, 1.165) is 77.5 Å². The highest BCUT2D eigenvalue weighted by molar-refractivity contribution is 9.10. The van der Waals surface area contributed by atoms with Crippen LogP contribution in [-0.2, 0) is 6.42 Å². The van der Waals surface area contributed by atoms with Gasteiger partial charge in [-0.3, -0.25) is 0 Å². The van der Waals surface area contributed by atoms with E-state index in [1.807, 2.05) is 152 Å². The first-order valence-electron chi connectivity index (χ1n) is 19.1. The Morgan fingerprint density at radius 3 is 1.42 bits per heavy atom. The molecule has 10 rings (SSSR count). The summed E-state index contributed by atoms with van der Waals surface area (Å²) in [5, 5.41) is 14.3. The van der Waals surface area contributed by atoms with E-state index in [0.29, 0.717) is 24.0 Å². The summed E-state index contributed by atoms with van der Waals surface area (Å²) < 4.78 is 13.6. The molecule has 0 saturated carbocycles. The van der Waals surface area contributed by atoms with Crippen LogP contribution in [0.25, 0.3) is 79.2 Å². The normalized spacial score (nSPS) is 10.9. The van der Waals surface area contributed by atoms with Gasteiger partial charge in [0.25, 0.3) is 0 Å². The summed E-state index contributed by atoms with van der Waals surface area (Å²) in [5.41, 5.74) is 10.8. The van der Waals surface area contributed by atoms with Crippen LogP contribution in [0.1, 0.15) is 11.4 Å². The molecule has 3 heterocycles. The van der Waals surface area contributed by atoms with Gasteiger partial charge in [-0.05, 0) is 50.8 Å². The van der Waals surface area contributed by atoms with Crippen molar-refractivity contribution in [2.24, 2.45) is 0 Å². The Bertz CT molecular complexity index is 2800. The number of aromatic amines is 1. The van der Waals surface area contributed by atoms with Crippen LogP contribution < -0.4 is 0 Å².